The highest BCUT2D eigenvalue weighted by Gasteiger charge is 2.22. The van der Waals surface area contributed by atoms with Crippen molar-refractivity contribution in [3.63, 3.8) is 0 Å². The zero-order valence-corrected chi connectivity index (χ0v) is 13.2. The lowest BCUT2D eigenvalue weighted by Gasteiger charge is -2.10. The van der Waals surface area contributed by atoms with Crippen LogP contribution in [-0.2, 0) is 4.65 Å². The third kappa shape index (κ3) is 5.17. The first-order chi connectivity index (χ1) is 11.9. The molecule has 0 aliphatic carbocycles. The van der Waals surface area contributed by atoms with Gasteiger partial charge in [-0.25, -0.2) is 8.63 Å². The second-order valence-corrected chi connectivity index (χ2v) is 4.98. The summed E-state index contributed by atoms with van der Waals surface area (Å²) in [6, 6.07) is 11.6. The molecule has 5 nitrogen and oxygen atoms in total. The number of carbonyl (C=O) groups is 1. The number of ketones is 1. The van der Waals surface area contributed by atoms with Crippen LogP contribution >= 0.6 is 0 Å². The van der Waals surface area contributed by atoms with Gasteiger partial charge in [-0.15, -0.1) is 0 Å². The minimum Gasteiger partial charge on any atom is -0.505 e. The summed E-state index contributed by atoms with van der Waals surface area (Å²) in [7, 11) is -3.43. The minimum atomic E-state index is -3.14. The summed E-state index contributed by atoms with van der Waals surface area (Å²) in [5.74, 6) is -0.374. The summed E-state index contributed by atoms with van der Waals surface area (Å²) in [6.45, 7) is 0. The summed E-state index contributed by atoms with van der Waals surface area (Å²) in [5.41, 5.74) is 0.459. The maximum absolute atomic E-state index is 12.7. The van der Waals surface area contributed by atoms with Crippen molar-refractivity contribution in [3.8, 4) is 5.75 Å². The van der Waals surface area contributed by atoms with Gasteiger partial charge in [-0.2, -0.15) is 0 Å². The first-order valence-electron chi connectivity index (χ1n) is 7.22. The summed E-state index contributed by atoms with van der Waals surface area (Å²) in [6.07, 6.45) is 0.927. The smallest absolute Gasteiger partial charge is 0.505 e. The highest BCUT2D eigenvalue weighted by molar-refractivity contribution is 6.58. The largest absolute Gasteiger partial charge is 0.796 e. The average Bonchev–Trinajstić information content (AvgIpc) is 2.61. The molecule has 0 saturated heterocycles. The SMILES string of the molecule is COc1ccc(C(=O)/C=C(\OB(F)F)c2cccc(B(O)O)c2)cc1. The van der Waals surface area contributed by atoms with E-state index in [0.717, 1.165) is 6.08 Å². The van der Waals surface area contributed by atoms with Crippen LogP contribution in [0.5, 0.6) is 5.75 Å². The average molecular weight is 346 g/mol. The number of hydrogen-bond acceptors (Lipinski definition) is 5. The van der Waals surface area contributed by atoms with Crippen LogP contribution in [0.15, 0.2) is 54.6 Å². The van der Waals surface area contributed by atoms with E-state index in [-0.39, 0.29) is 22.3 Å². The number of hydrogen-bond donors (Lipinski definition) is 2. The van der Waals surface area contributed by atoms with E-state index in [9.17, 15) is 23.5 Å². The van der Waals surface area contributed by atoms with Gasteiger partial charge in [-0.3, -0.25) is 4.79 Å². The molecule has 0 fully saturated rings. The molecule has 0 saturated carbocycles. The fraction of sp³-hybridized carbons (Fsp3) is 0.0625. The zero-order chi connectivity index (χ0) is 18.4. The maximum atomic E-state index is 12.7. The van der Waals surface area contributed by atoms with Crippen molar-refractivity contribution in [1.29, 1.82) is 0 Å². The van der Waals surface area contributed by atoms with E-state index in [1.54, 1.807) is 12.1 Å². The van der Waals surface area contributed by atoms with Crippen molar-refractivity contribution in [2.75, 3.05) is 7.11 Å². The molecular formula is C16H14B2F2O5. The van der Waals surface area contributed by atoms with Crippen molar-refractivity contribution in [1.82, 2.24) is 0 Å². The van der Waals surface area contributed by atoms with Gasteiger partial charge in [-0.1, -0.05) is 24.3 Å². The number of carbonyl (C=O) groups excluding carboxylic acids is 1. The Morgan fingerprint density at radius 3 is 2.32 bits per heavy atom. The number of allylic oxidation sites excluding steroid dienone is 1. The molecule has 9 heteroatoms. The van der Waals surface area contributed by atoms with Crippen LogP contribution < -0.4 is 10.2 Å². The Morgan fingerprint density at radius 2 is 1.76 bits per heavy atom. The Bertz CT molecular complexity index is 763. The lowest BCUT2D eigenvalue weighted by atomic mass is 9.79. The van der Waals surface area contributed by atoms with Gasteiger partial charge in [0.05, 0.1) is 7.11 Å². The van der Waals surface area contributed by atoms with Crippen molar-refractivity contribution >= 4 is 31.6 Å². The number of methoxy groups -OCH3 is 1. The Hall–Kier alpha value is -2.64. The van der Waals surface area contributed by atoms with Gasteiger partial charge in [0.2, 0.25) is 0 Å². The van der Waals surface area contributed by atoms with Crippen molar-refractivity contribution < 1.29 is 32.9 Å². The van der Waals surface area contributed by atoms with Crippen LogP contribution in [0.25, 0.3) is 5.76 Å². The first kappa shape index (κ1) is 18.7. The molecule has 0 amide bonds. The van der Waals surface area contributed by atoms with Crippen LogP contribution in [0.4, 0.5) is 8.63 Å². The molecule has 2 aromatic carbocycles. The summed E-state index contributed by atoms with van der Waals surface area (Å²) >= 11 is 0. The Balaban J connectivity index is 2.36. The quantitative estimate of drug-likeness (QED) is 0.344. The molecule has 2 N–H and O–H groups in total. The number of rotatable bonds is 7. The number of benzene rings is 2. The van der Waals surface area contributed by atoms with E-state index in [2.05, 4.69) is 4.65 Å². The Labute approximate surface area is 143 Å². The normalized spacial score (nSPS) is 11.0. The zero-order valence-electron chi connectivity index (χ0n) is 13.2. The van der Waals surface area contributed by atoms with Gasteiger partial charge in [-0.05, 0) is 29.7 Å². The minimum absolute atomic E-state index is 0.0816. The second kappa shape index (κ2) is 8.46. The Kier molecular flexibility index (Phi) is 6.32. The molecule has 0 aliphatic heterocycles. The molecule has 0 aromatic heterocycles. The van der Waals surface area contributed by atoms with Gasteiger partial charge in [0.25, 0.3) is 0 Å². The van der Waals surface area contributed by atoms with E-state index in [4.69, 9.17) is 4.74 Å². The standard InChI is InChI=1S/C16H14B2F2O5/c1-24-14-7-5-11(6-8-14)15(21)10-16(25-18(19)20)12-3-2-4-13(9-12)17(22)23/h2-10,22-23H,1H3/b16-10-. The first-order valence-corrected chi connectivity index (χ1v) is 7.22. The molecule has 0 atom stereocenters. The lowest BCUT2D eigenvalue weighted by molar-refractivity contribution is 0.104. The van der Waals surface area contributed by atoms with Crippen LogP contribution in [0.2, 0.25) is 0 Å². The van der Waals surface area contributed by atoms with Crippen LogP contribution in [0.1, 0.15) is 15.9 Å². The van der Waals surface area contributed by atoms with Gasteiger partial charge >= 0.3 is 14.6 Å². The van der Waals surface area contributed by atoms with Gasteiger partial charge in [0.15, 0.2) is 5.78 Å². The fourth-order valence-corrected chi connectivity index (χ4v) is 2.09. The molecule has 0 radical (unpaired) electrons. The highest BCUT2D eigenvalue weighted by atomic mass is 19.2. The van der Waals surface area contributed by atoms with Gasteiger partial charge in [0.1, 0.15) is 11.5 Å². The molecule has 25 heavy (non-hydrogen) atoms. The van der Waals surface area contributed by atoms with E-state index in [1.165, 1.54) is 43.5 Å². The van der Waals surface area contributed by atoms with Crippen LogP contribution in [-0.4, -0.2) is 37.5 Å². The molecule has 128 valence electrons. The second-order valence-electron chi connectivity index (χ2n) is 4.98. The molecule has 0 spiro atoms. The third-order valence-electron chi connectivity index (χ3n) is 3.32. The molecule has 0 aliphatic rings. The predicted molar refractivity (Wildman–Crippen MR) is 90.6 cm³/mol. The van der Waals surface area contributed by atoms with E-state index in [0.29, 0.717) is 5.75 Å². The number of ether oxygens (including phenoxy) is 1. The topological polar surface area (TPSA) is 76.0 Å². The molecule has 2 rings (SSSR count). The van der Waals surface area contributed by atoms with E-state index >= 15 is 0 Å². The van der Waals surface area contributed by atoms with Crippen molar-refractivity contribution in [3.05, 3.63) is 65.7 Å². The molecule has 0 unspecified atom stereocenters. The molecular weight excluding hydrogens is 332 g/mol. The van der Waals surface area contributed by atoms with Gasteiger partial charge in [0, 0.05) is 17.2 Å². The highest BCUT2D eigenvalue weighted by Crippen LogP contribution is 2.19. The predicted octanol–water partition coefficient (Wildman–Crippen LogP) is 1.54. The molecule has 0 heterocycles. The fourth-order valence-electron chi connectivity index (χ4n) is 2.09. The molecule has 2 aromatic rings. The van der Waals surface area contributed by atoms with Crippen LogP contribution in [0.3, 0.4) is 0 Å². The number of halogens is 2. The third-order valence-corrected chi connectivity index (χ3v) is 3.32. The van der Waals surface area contributed by atoms with E-state index < -0.39 is 20.4 Å². The monoisotopic (exact) mass is 346 g/mol. The van der Waals surface area contributed by atoms with Crippen LogP contribution in [0, 0.1) is 0 Å². The van der Waals surface area contributed by atoms with E-state index in [1.807, 2.05) is 0 Å². The summed E-state index contributed by atoms with van der Waals surface area (Å²) in [4.78, 5) is 12.3. The maximum Gasteiger partial charge on any atom is 0.796 e. The van der Waals surface area contributed by atoms with Crippen molar-refractivity contribution in [2.45, 2.75) is 0 Å². The summed E-state index contributed by atoms with van der Waals surface area (Å²) < 4.78 is 34.8. The summed E-state index contributed by atoms with van der Waals surface area (Å²) in [5, 5.41) is 18.4. The molecule has 0 bridgehead atoms. The van der Waals surface area contributed by atoms with Gasteiger partial charge < -0.3 is 19.4 Å². The van der Waals surface area contributed by atoms with Crippen molar-refractivity contribution in [2.24, 2.45) is 0 Å². The lowest BCUT2D eigenvalue weighted by Crippen LogP contribution is -2.29. The Morgan fingerprint density at radius 1 is 1.08 bits per heavy atom.